The SMILES string of the molecule is CC(Cc1ccccc1)N1CCCC1CN. The molecule has 0 aliphatic carbocycles. The van der Waals surface area contributed by atoms with E-state index in [1.165, 1.54) is 24.9 Å². The highest BCUT2D eigenvalue weighted by atomic mass is 15.2. The molecule has 0 aromatic heterocycles. The first-order chi connectivity index (χ1) is 7.81. The fourth-order valence-electron chi connectivity index (χ4n) is 2.76. The molecule has 1 aromatic carbocycles. The lowest BCUT2D eigenvalue weighted by atomic mass is 10.1. The molecule has 1 aliphatic rings. The van der Waals surface area contributed by atoms with Crippen LogP contribution in [0.25, 0.3) is 0 Å². The molecule has 0 spiro atoms. The predicted molar refractivity (Wildman–Crippen MR) is 68.4 cm³/mol. The van der Waals surface area contributed by atoms with Crippen LogP contribution < -0.4 is 5.73 Å². The van der Waals surface area contributed by atoms with E-state index in [-0.39, 0.29) is 0 Å². The predicted octanol–water partition coefficient (Wildman–Crippen LogP) is 2.04. The van der Waals surface area contributed by atoms with E-state index in [2.05, 4.69) is 42.2 Å². The Morgan fingerprint density at radius 1 is 1.38 bits per heavy atom. The van der Waals surface area contributed by atoms with E-state index < -0.39 is 0 Å². The van der Waals surface area contributed by atoms with Crippen molar-refractivity contribution in [2.24, 2.45) is 5.73 Å². The quantitative estimate of drug-likeness (QED) is 0.838. The number of nitrogens with two attached hydrogens (primary N) is 1. The number of likely N-dealkylation sites (tertiary alicyclic amines) is 1. The summed E-state index contributed by atoms with van der Waals surface area (Å²) in [6.07, 6.45) is 3.72. The van der Waals surface area contributed by atoms with E-state index >= 15 is 0 Å². The van der Waals surface area contributed by atoms with Crippen molar-refractivity contribution in [2.45, 2.75) is 38.3 Å². The largest absolute Gasteiger partial charge is 0.329 e. The summed E-state index contributed by atoms with van der Waals surface area (Å²) in [6, 6.07) is 12.0. The zero-order chi connectivity index (χ0) is 11.4. The van der Waals surface area contributed by atoms with Crippen LogP contribution in [-0.2, 0) is 6.42 Å². The smallest absolute Gasteiger partial charge is 0.0221 e. The maximum atomic E-state index is 5.81. The fraction of sp³-hybridized carbons (Fsp3) is 0.571. The van der Waals surface area contributed by atoms with Crippen molar-refractivity contribution < 1.29 is 0 Å². The van der Waals surface area contributed by atoms with Gasteiger partial charge in [-0.3, -0.25) is 4.90 Å². The molecular formula is C14H22N2. The minimum atomic E-state index is 0.610. The second-order valence-corrected chi connectivity index (χ2v) is 4.81. The Kier molecular flexibility index (Phi) is 3.97. The van der Waals surface area contributed by atoms with Crippen LogP contribution in [0.3, 0.4) is 0 Å². The Balaban J connectivity index is 1.95. The molecular weight excluding hydrogens is 196 g/mol. The highest BCUT2D eigenvalue weighted by Gasteiger charge is 2.26. The van der Waals surface area contributed by atoms with E-state index in [9.17, 15) is 0 Å². The number of nitrogens with zero attached hydrogens (tertiary/aromatic N) is 1. The lowest BCUT2D eigenvalue weighted by molar-refractivity contribution is 0.194. The Morgan fingerprint density at radius 3 is 2.81 bits per heavy atom. The van der Waals surface area contributed by atoms with Gasteiger partial charge in [0.25, 0.3) is 0 Å². The van der Waals surface area contributed by atoms with E-state index in [0.29, 0.717) is 12.1 Å². The minimum Gasteiger partial charge on any atom is -0.329 e. The molecule has 0 bridgehead atoms. The highest BCUT2D eigenvalue weighted by molar-refractivity contribution is 5.15. The summed E-state index contributed by atoms with van der Waals surface area (Å²) in [5, 5.41) is 0. The molecule has 2 rings (SSSR count). The van der Waals surface area contributed by atoms with Gasteiger partial charge in [0.05, 0.1) is 0 Å². The minimum absolute atomic E-state index is 0.610. The molecule has 2 nitrogen and oxygen atoms in total. The van der Waals surface area contributed by atoms with Gasteiger partial charge in [0, 0.05) is 18.6 Å². The Bertz CT molecular complexity index is 310. The molecule has 2 unspecified atom stereocenters. The summed E-state index contributed by atoms with van der Waals surface area (Å²) < 4.78 is 0. The molecule has 1 aliphatic heterocycles. The van der Waals surface area contributed by atoms with Gasteiger partial charge in [-0.05, 0) is 38.3 Å². The average molecular weight is 218 g/mol. The van der Waals surface area contributed by atoms with Gasteiger partial charge in [0.2, 0.25) is 0 Å². The van der Waals surface area contributed by atoms with Crippen molar-refractivity contribution in [3.63, 3.8) is 0 Å². The summed E-state index contributed by atoms with van der Waals surface area (Å²) in [5.41, 5.74) is 7.24. The van der Waals surface area contributed by atoms with Crippen molar-refractivity contribution in [3.8, 4) is 0 Å². The van der Waals surface area contributed by atoms with Gasteiger partial charge < -0.3 is 5.73 Å². The molecule has 0 radical (unpaired) electrons. The summed E-state index contributed by atoms with van der Waals surface area (Å²) in [5.74, 6) is 0. The topological polar surface area (TPSA) is 29.3 Å². The maximum absolute atomic E-state index is 5.81. The number of rotatable bonds is 4. The lowest BCUT2D eigenvalue weighted by Crippen LogP contribution is -2.42. The van der Waals surface area contributed by atoms with E-state index in [1.54, 1.807) is 0 Å². The first-order valence-corrected chi connectivity index (χ1v) is 6.31. The highest BCUT2D eigenvalue weighted by Crippen LogP contribution is 2.21. The monoisotopic (exact) mass is 218 g/mol. The zero-order valence-corrected chi connectivity index (χ0v) is 10.1. The van der Waals surface area contributed by atoms with Crippen LogP contribution in [0, 0.1) is 0 Å². The van der Waals surface area contributed by atoms with Crippen molar-refractivity contribution in [1.29, 1.82) is 0 Å². The van der Waals surface area contributed by atoms with Crippen LogP contribution in [0.4, 0.5) is 0 Å². The van der Waals surface area contributed by atoms with Crippen molar-refractivity contribution in [2.75, 3.05) is 13.1 Å². The summed E-state index contributed by atoms with van der Waals surface area (Å²) >= 11 is 0. The Morgan fingerprint density at radius 2 is 2.12 bits per heavy atom. The van der Waals surface area contributed by atoms with Crippen LogP contribution in [0.2, 0.25) is 0 Å². The maximum Gasteiger partial charge on any atom is 0.0221 e. The van der Waals surface area contributed by atoms with Gasteiger partial charge in [-0.15, -0.1) is 0 Å². The third-order valence-electron chi connectivity index (χ3n) is 3.63. The van der Waals surface area contributed by atoms with Gasteiger partial charge in [-0.2, -0.15) is 0 Å². The normalized spacial score (nSPS) is 23.5. The third-order valence-corrected chi connectivity index (χ3v) is 3.63. The van der Waals surface area contributed by atoms with Gasteiger partial charge in [0.15, 0.2) is 0 Å². The molecule has 2 heteroatoms. The fourth-order valence-corrected chi connectivity index (χ4v) is 2.76. The van der Waals surface area contributed by atoms with Crippen molar-refractivity contribution in [1.82, 2.24) is 4.90 Å². The molecule has 2 N–H and O–H groups in total. The van der Waals surface area contributed by atoms with Gasteiger partial charge in [-0.1, -0.05) is 30.3 Å². The Hall–Kier alpha value is -0.860. The second-order valence-electron chi connectivity index (χ2n) is 4.81. The average Bonchev–Trinajstić information content (AvgIpc) is 2.78. The van der Waals surface area contributed by atoms with Crippen LogP contribution in [0.1, 0.15) is 25.3 Å². The standard InChI is InChI=1S/C14H22N2/c1-12(10-13-6-3-2-4-7-13)16-9-5-8-14(16)11-15/h2-4,6-7,12,14H,5,8-11,15H2,1H3. The first kappa shape index (κ1) is 11.6. The van der Waals surface area contributed by atoms with Crippen LogP contribution >= 0.6 is 0 Å². The molecule has 1 aromatic rings. The molecule has 0 saturated carbocycles. The van der Waals surface area contributed by atoms with E-state index in [4.69, 9.17) is 5.73 Å². The van der Waals surface area contributed by atoms with Crippen molar-refractivity contribution >= 4 is 0 Å². The number of benzene rings is 1. The Labute approximate surface area is 98.4 Å². The summed E-state index contributed by atoms with van der Waals surface area (Å²) in [4.78, 5) is 2.58. The molecule has 16 heavy (non-hydrogen) atoms. The molecule has 1 heterocycles. The summed E-state index contributed by atoms with van der Waals surface area (Å²) in [6.45, 7) is 4.34. The van der Waals surface area contributed by atoms with Gasteiger partial charge in [-0.25, -0.2) is 0 Å². The molecule has 0 amide bonds. The second kappa shape index (κ2) is 5.46. The molecule has 2 atom stereocenters. The van der Waals surface area contributed by atoms with Crippen molar-refractivity contribution in [3.05, 3.63) is 35.9 Å². The molecule has 88 valence electrons. The van der Waals surface area contributed by atoms with Gasteiger partial charge in [0.1, 0.15) is 0 Å². The van der Waals surface area contributed by atoms with E-state index in [1.807, 2.05) is 0 Å². The molecule has 1 fully saturated rings. The van der Waals surface area contributed by atoms with Gasteiger partial charge >= 0.3 is 0 Å². The zero-order valence-electron chi connectivity index (χ0n) is 10.1. The lowest BCUT2D eigenvalue weighted by Gasteiger charge is -2.30. The third kappa shape index (κ3) is 2.63. The summed E-state index contributed by atoms with van der Waals surface area (Å²) in [7, 11) is 0. The molecule has 1 saturated heterocycles. The first-order valence-electron chi connectivity index (χ1n) is 6.31. The van der Waals surface area contributed by atoms with Crippen LogP contribution in [0.15, 0.2) is 30.3 Å². The van der Waals surface area contributed by atoms with Crippen LogP contribution in [0.5, 0.6) is 0 Å². The van der Waals surface area contributed by atoms with Crippen LogP contribution in [-0.4, -0.2) is 30.1 Å². The number of hydrogen-bond donors (Lipinski definition) is 1. The number of hydrogen-bond acceptors (Lipinski definition) is 2. The van der Waals surface area contributed by atoms with E-state index in [0.717, 1.165) is 13.0 Å².